The largest absolute Gasteiger partial charge is 0.339 e. The van der Waals surface area contributed by atoms with Crippen molar-refractivity contribution in [3.05, 3.63) is 23.7 Å². The summed E-state index contributed by atoms with van der Waals surface area (Å²) < 4.78 is 2.32. The summed E-state index contributed by atoms with van der Waals surface area (Å²) in [6.45, 7) is 3.35. The van der Waals surface area contributed by atoms with Crippen molar-refractivity contribution in [1.82, 2.24) is 4.57 Å². The highest BCUT2D eigenvalue weighted by Gasteiger charge is 1.99. The lowest BCUT2D eigenvalue weighted by Gasteiger charge is -1.98. The highest BCUT2D eigenvalue weighted by Crippen LogP contribution is 2.21. The molecule has 0 aliphatic rings. The molecule has 2 heteroatoms. The van der Waals surface area contributed by atoms with Crippen molar-refractivity contribution in [3.63, 3.8) is 0 Å². The first-order valence-electron chi connectivity index (χ1n) is 3.94. The van der Waals surface area contributed by atoms with Gasteiger partial charge in [-0.25, -0.2) is 0 Å². The topological polar surface area (TPSA) is 4.93 Å². The van der Waals surface area contributed by atoms with Crippen LogP contribution in [0.3, 0.4) is 0 Å². The van der Waals surface area contributed by atoms with Gasteiger partial charge in [-0.3, -0.25) is 0 Å². The predicted molar refractivity (Wildman–Crippen MR) is 50.1 cm³/mol. The summed E-state index contributed by atoms with van der Waals surface area (Å²) in [4.78, 5) is 1.41. The van der Waals surface area contributed by atoms with Crippen LogP contribution < -0.4 is 0 Å². The van der Waals surface area contributed by atoms with Gasteiger partial charge in [0.05, 0.1) is 0 Å². The van der Waals surface area contributed by atoms with Crippen LogP contribution in [-0.2, 0) is 6.54 Å². The number of nitrogens with zero attached hydrogens (tertiary/aromatic N) is 1. The molecule has 11 heavy (non-hydrogen) atoms. The lowest BCUT2D eigenvalue weighted by molar-refractivity contribution is 0.707. The molecule has 0 amide bonds. The second-order valence-electron chi connectivity index (χ2n) is 2.69. The summed E-state index contributed by atoms with van der Waals surface area (Å²) in [5.41, 5.74) is 0. The molecule has 0 aliphatic carbocycles. The van der Waals surface area contributed by atoms with Gasteiger partial charge in [-0.1, -0.05) is 6.92 Å². The normalized spacial score (nSPS) is 11.0. The average molecular weight is 165 g/mol. The molecule has 2 aromatic heterocycles. The smallest absolute Gasteiger partial charge is 0.102 e. The fraction of sp³-hybridized carbons (Fsp3) is 0.333. The minimum absolute atomic E-state index is 1.14. The molecule has 0 saturated carbocycles. The van der Waals surface area contributed by atoms with Crippen LogP contribution in [0.2, 0.25) is 0 Å². The Hall–Kier alpha value is -0.760. The summed E-state index contributed by atoms with van der Waals surface area (Å²) in [5, 5.41) is 3.53. The molecule has 0 aliphatic heterocycles. The summed E-state index contributed by atoms with van der Waals surface area (Å²) in [5.74, 6) is 0. The summed E-state index contributed by atoms with van der Waals surface area (Å²) >= 11 is 1.82. The van der Waals surface area contributed by atoms with Crippen LogP contribution in [0.4, 0.5) is 0 Å². The Kier molecular flexibility index (Phi) is 1.70. The Morgan fingerprint density at radius 2 is 2.36 bits per heavy atom. The van der Waals surface area contributed by atoms with Gasteiger partial charge in [-0.15, -0.1) is 11.3 Å². The molecule has 2 aromatic rings. The van der Waals surface area contributed by atoms with Crippen LogP contribution in [0.25, 0.3) is 10.2 Å². The monoisotopic (exact) mass is 165 g/mol. The van der Waals surface area contributed by atoms with Crippen LogP contribution >= 0.6 is 11.3 Å². The molecule has 1 nitrogen and oxygen atoms in total. The van der Waals surface area contributed by atoms with E-state index in [0.717, 1.165) is 6.54 Å². The van der Waals surface area contributed by atoms with Gasteiger partial charge in [0.1, 0.15) is 4.83 Å². The van der Waals surface area contributed by atoms with Gasteiger partial charge in [0.25, 0.3) is 0 Å². The first kappa shape index (κ1) is 6.92. The Balaban J connectivity index is 2.51. The van der Waals surface area contributed by atoms with Crippen molar-refractivity contribution >= 4 is 21.6 Å². The fourth-order valence-electron chi connectivity index (χ4n) is 1.33. The highest BCUT2D eigenvalue weighted by atomic mass is 32.1. The van der Waals surface area contributed by atoms with Crippen LogP contribution in [-0.4, -0.2) is 4.57 Å². The number of hydrogen-bond acceptors (Lipinski definition) is 1. The maximum Gasteiger partial charge on any atom is 0.102 e. The van der Waals surface area contributed by atoms with Gasteiger partial charge < -0.3 is 4.57 Å². The van der Waals surface area contributed by atoms with E-state index in [2.05, 4.69) is 35.2 Å². The summed E-state index contributed by atoms with van der Waals surface area (Å²) in [7, 11) is 0. The maximum absolute atomic E-state index is 2.32. The molecular formula is C9H11NS. The molecule has 58 valence electrons. The van der Waals surface area contributed by atoms with Crippen LogP contribution in [0.1, 0.15) is 13.3 Å². The van der Waals surface area contributed by atoms with E-state index in [4.69, 9.17) is 0 Å². The first-order valence-corrected chi connectivity index (χ1v) is 4.82. The number of aromatic nitrogens is 1. The predicted octanol–water partition coefficient (Wildman–Crippen LogP) is 3.11. The molecule has 2 heterocycles. The van der Waals surface area contributed by atoms with Crippen LogP contribution in [0.15, 0.2) is 23.7 Å². The zero-order chi connectivity index (χ0) is 7.68. The Labute approximate surface area is 70.3 Å². The molecular weight excluding hydrogens is 154 g/mol. The number of thiophene rings is 1. The van der Waals surface area contributed by atoms with Crippen molar-refractivity contribution in [2.45, 2.75) is 19.9 Å². The van der Waals surface area contributed by atoms with Gasteiger partial charge in [-0.2, -0.15) is 0 Å². The lowest BCUT2D eigenvalue weighted by atomic mass is 10.4. The molecule has 0 atom stereocenters. The number of hydrogen-bond donors (Lipinski definition) is 0. The van der Waals surface area contributed by atoms with Crippen molar-refractivity contribution < 1.29 is 0 Å². The number of fused-ring (bicyclic) bond motifs is 1. The van der Waals surface area contributed by atoms with E-state index < -0.39 is 0 Å². The number of rotatable bonds is 2. The fourth-order valence-corrected chi connectivity index (χ4v) is 2.23. The van der Waals surface area contributed by atoms with Crippen LogP contribution in [0, 0.1) is 0 Å². The second kappa shape index (κ2) is 2.70. The van der Waals surface area contributed by atoms with E-state index in [1.807, 2.05) is 11.3 Å². The Morgan fingerprint density at radius 1 is 1.45 bits per heavy atom. The molecule has 0 N–H and O–H groups in total. The van der Waals surface area contributed by atoms with E-state index in [1.54, 1.807) is 0 Å². The quantitative estimate of drug-likeness (QED) is 0.644. The van der Waals surface area contributed by atoms with E-state index in [9.17, 15) is 0 Å². The van der Waals surface area contributed by atoms with Gasteiger partial charge in [0, 0.05) is 18.1 Å². The van der Waals surface area contributed by atoms with Gasteiger partial charge in [-0.05, 0) is 23.9 Å². The highest BCUT2D eigenvalue weighted by molar-refractivity contribution is 7.16. The van der Waals surface area contributed by atoms with Gasteiger partial charge >= 0.3 is 0 Å². The standard InChI is InChI=1S/C9H11NS/c1-2-5-10-6-3-8-4-7-11-9(8)10/h3-4,6-7H,2,5H2,1H3. The van der Waals surface area contributed by atoms with Crippen molar-refractivity contribution in [3.8, 4) is 0 Å². The molecule has 0 bridgehead atoms. The van der Waals surface area contributed by atoms with E-state index >= 15 is 0 Å². The summed E-state index contributed by atoms with van der Waals surface area (Å²) in [6, 6.07) is 4.35. The summed E-state index contributed by atoms with van der Waals surface area (Å²) in [6.07, 6.45) is 3.38. The molecule has 0 spiro atoms. The van der Waals surface area contributed by atoms with E-state index in [-0.39, 0.29) is 0 Å². The van der Waals surface area contributed by atoms with Gasteiger partial charge in [0.2, 0.25) is 0 Å². The third-order valence-corrected chi connectivity index (χ3v) is 2.80. The molecule has 2 rings (SSSR count). The third-order valence-electron chi connectivity index (χ3n) is 1.83. The zero-order valence-electron chi connectivity index (χ0n) is 6.58. The molecule has 0 saturated heterocycles. The minimum atomic E-state index is 1.14. The zero-order valence-corrected chi connectivity index (χ0v) is 7.40. The van der Waals surface area contributed by atoms with Crippen molar-refractivity contribution in [1.29, 1.82) is 0 Å². The van der Waals surface area contributed by atoms with E-state index in [1.165, 1.54) is 16.6 Å². The van der Waals surface area contributed by atoms with Crippen molar-refractivity contribution in [2.24, 2.45) is 0 Å². The molecule has 0 aromatic carbocycles. The third kappa shape index (κ3) is 1.07. The SMILES string of the molecule is CCCn1ccc2ccsc21. The first-order chi connectivity index (χ1) is 5.42. The Morgan fingerprint density at radius 3 is 3.18 bits per heavy atom. The van der Waals surface area contributed by atoms with E-state index in [0.29, 0.717) is 0 Å². The average Bonchev–Trinajstić information content (AvgIpc) is 2.53. The van der Waals surface area contributed by atoms with Gasteiger partial charge in [0.15, 0.2) is 0 Å². The van der Waals surface area contributed by atoms with Crippen molar-refractivity contribution in [2.75, 3.05) is 0 Å². The molecule has 0 fully saturated rings. The Bertz CT molecular complexity index is 345. The number of aryl methyl sites for hydroxylation is 1. The lowest BCUT2D eigenvalue weighted by Crippen LogP contribution is -1.91. The minimum Gasteiger partial charge on any atom is -0.339 e. The molecule has 0 unspecified atom stereocenters. The molecule has 0 radical (unpaired) electrons. The van der Waals surface area contributed by atoms with Crippen LogP contribution in [0.5, 0.6) is 0 Å². The maximum atomic E-state index is 2.32. The second-order valence-corrected chi connectivity index (χ2v) is 3.58.